The Morgan fingerprint density at radius 3 is 2.44 bits per heavy atom. The number of benzene rings is 1. The highest BCUT2D eigenvalue weighted by Crippen LogP contribution is 2.05. The normalized spacial score (nSPS) is 10.5. The molecule has 0 amide bonds. The summed E-state index contributed by atoms with van der Waals surface area (Å²) in [5, 5.41) is 0. The Kier molecular flexibility index (Phi) is 8.15. The molecule has 0 heterocycles. The van der Waals surface area contributed by atoms with E-state index in [1.807, 2.05) is 30.3 Å². The summed E-state index contributed by atoms with van der Waals surface area (Å²) in [6.07, 6.45) is 6.34. The molecule has 0 spiro atoms. The maximum Gasteiger partial charge on any atom is 0.162 e. The Bertz CT molecular complexity index is 319. The van der Waals surface area contributed by atoms with Crippen LogP contribution in [0.4, 0.5) is 0 Å². The lowest BCUT2D eigenvalue weighted by Crippen LogP contribution is -2.03. The molecule has 0 unspecified atom stereocenters. The molecule has 0 saturated heterocycles. The Balaban J connectivity index is 2.00. The topological polar surface area (TPSA) is 26.3 Å². The minimum absolute atomic E-state index is 0.213. The van der Waals surface area contributed by atoms with Gasteiger partial charge in [0, 0.05) is 25.2 Å². The summed E-state index contributed by atoms with van der Waals surface area (Å²) in [4.78, 5) is 11.8. The number of unbranched alkanes of at least 4 members (excludes halogenated alkanes) is 3. The number of hydrogen-bond acceptors (Lipinski definition) is 2. The molecule has 0 aliphatic carbocycles. The SMILES string of the molecule is CCCCCCOCCCC(=O)c1ccccc1. The fraction of sp³-hybridized carbons (Fsp3) is 0.562. The molecular formula is C16H24O2. The fourth-order valence-electron chi connectivity index (χ4n) is 1.84. The Morgan fingerprint density at radius 1 is 1.00 bits per heavy atom. The molecule has 100 valence electrons. The number of Topliss-reactive ketones (excluding diaryl/α,β-unsaturated/α-hetero) is 1. The Hall–Kier alpha value is -1.15. The molecule has 0 atom stereocenters. The van der Waals surface area contributed by atoms with Gasteiger partial charge in [-0.3, -0.25) is 4.79 Å². The molecule has 0 aliphatic rings. The zero-order valence-corrected chi connectivity index (χ0v) is 11.4. The van der Waals surface area contributed by atoms with Crippen LogP contribution >= 0.6 is 0 Å². The van der Waals surface area contributed by atoms with Crippen molar-refractivity contribution in [3.63, 3.8) is 0 Å². The Morgan fingerprint density at radius 2 is 1.72 bits per heavy atom. The average molecular weight is 248 g/mol. The van der Waals surface area contributed by atoms with Crippen molar-refractivity contribution in [3.8, 4) is 0 Å². The van der Waals surface area contributed by atoms with Crippen molar-refractivity contribution in [2.24, 2.45) is 0 Å². The smallest absolute Gasteiger partial charge is 0.162 e. The van der Waals surface area contributed by atoms with E-state index >= 15 is 0 Å². The van der Waals surface area contributed by atoms with E-state index in [1.165, 1.54) is 19.3 Å². The van der Waals surface area contributed by atoms with Crippen molar-refractivity contribution < 1.29 is 9.53 Å². The van der Waals surface area contributed by atoms with Gasteiger partial charge in [0.2, 0.25) is 0 Å². The maximum atomic E-state index is 11.8. The second kappa shape index (κ2) is 9.84. The van der Waals surface area contributed by atoms with Gasteiger partial charge < -0.3 is 4.74 Å². The lowest BCUT2D eigenvalue weighted by Gasteiger charge is -2.04. The van der Waals surface area contributed by atoms with E-state index in [1.54, 1.807) is 0 Å². The van der Waals surface area contributed by atoms with Gasteiger partial charge in [0.15, 0.2) is 5.78 Å². The first-order chi connectivity index (χ1) is 8.84. The molecule has 0 bridgehead atoms. The largest absolute Gasteiger partial charge is 0.381 e. The summed E-state index contributed by atoms with van der Waals surface area (Å²) < 4.78 is 5.51. The predicted molar refractivity (Wildman–Crippen MR) is 75.0 cm³/mol. The lowest BCUT2D eigenvalue weighted by molar-refractivity contribution is 0.0933. The van der Waals surface area contributed by atoms with Crippen molar-refractivity contribution in [3.05, 3.63) is 35.9 Å². The minimum atomic E-state index is 0.213. The van der Waals surface area contributed by atoms with Crippen LogP contribution in [-0.2, 0) is 4.74 Å². The van der Waals surface area contributed by atoms with Crippen LogP contribution in [0, 0.1) is 0 Å². The molecule has 18 heavy (non-hydrogen) atoms. The van der Waals surface area contributed by atoms with Crippen LogP contribution in [0.15, 0.2) is 30.3 Å². The molecule has 2 nitrogen and oxygen atoms in total. The first kappa shape index (κ1) is 14.9. The lowest BCUT2D eigenvalue weighted by atomic mass is 10.1. The molecule has 2 heteroatoms. The fourth-order valence-corrected chi connectivity index (χ4v) is 1.84. The number of ether oxygens (including phenoxy) is 1. The summed E-state index contributed by atoms with van der Waals surface area (Å²) in [6.45, 7) is 3.74. The van der Waals surface area contributed by atoms with Gasteiger partial charge in [0.1, 0.15) is 0 Å². The van der Waals surface area contributed by atoms with E-state index in [0.717, 1.165) is 25.0 Å². The highest BCUT2D eigenvalue weighted by Gasteiger charge is 2.03. The number of carbonyl (C=O) groups is 1. The van der Waals surface area contributed by atoms with Crippen LogP contribution in [0.5, 0.6) is 0 Å². The van der Waals surface area contributed by atoms with Gasteiger partial charge in [0.25, 0.3) is 0 Å². The molecule has 1 rings (SSSR count). The first-order valence-electron chi connectivity index (χ1n) is 7.00. The van der Waals surface area contributed by atoms with E-state index in [9.17, 15) is 4.79 Å². The predicted octanol–water partition coefficient (Wildman–Crippen LogP) is 4.25. The van der Waals surface area contributed by atoms with Crippen LogP contribution < -0.4 is 0 Å². The van der Waals surface area contributed by atoms with Gasteiger partial charge in [-0.25, -0.2) is 0 Å². The average Bonchev–Trinajstić information content (AvgIpc) is 2.42. The van der Waals surface area contributed by atoms with Gasteiger partial charge >= 0.3 is 0 Å². The number of rotatable bonds is 10. The standard InChI is InChI=1S/C16H24O2/c1-2-3-4-8-13-18-14-9-12-16(17)15-10-6-5-7-11-15/h5-7,10-11H,2-4,8-9,12-14H2,1H3. The maximum absolute atomic E-state index is 11.8. The third kappa shape index (κ3) is 6.55. The molecule has 0 N–H and O–H groups in total. The molecular weight excluding hydrogens is 224 g/mol. The van der Waals surface area contributed by atoms with Crippen LogP contribution in [-0.4, -0.2) is 19.0 Å². The molecule has 1 aromatic rings. The molecule has 0 aromatic heterocycles. The van der Waals surface area contributed by atoms with Crippen LogP contribution in [0.1, 0.15) is 55.8 Å². The van der Waals surface area contributed by atoms with Gasteiger partial charge in [-0.05, 0) is 12.8 Å². The van der Waals surface area contributed by atoms with E-state index in [2.05, 4.69) is 6.92 Å². The van der Waals surface area contributed by atoms with E-state index in [-0.39, 0.29) is 5.78 Å². The van der Waals surface area contributed by atoms with Crippen molar-refractivity contribution >= 4 is 5.78 Å². The first-order valence-corrected chi connectivity index (χ1v) is 7.00. The summed E-state index contributed by atoms with van der Waals surface area (Å²) in [7, 11) is 0. The highest BCUT2D eigenvalue weighted by atomic mass is 16.5. The third-order valence-corrected chi connectivity index (χ3v) is 2.93. The highest BCUT2D eigenvalue weighted by molar-refractivity contribution is 5.95. The zero-order valence-electron chi connectivity index (χ0n) is 11.4. The van der Waals surface area contributed by atoms with Gasteiger partial charge in [-0.2, -0.15) is 0 Å². The van der Waals surface area contributed by atoms with Gasteiger partial charge in [0.05, 0.1) is 0 Å². The molecule has 0 aliphatic heterocycles. The van der Waals surface area contributed by atoms with Crippen LogP contribution in [0.25, 0.3) is 0 Å². The summed E-state index contributed by atoms with van der Waals surface area (Å²) >= 11 is 0. The van der Waals surface area contributed by atoms with Crippen molar-refractivity contribution in [2.45, 2.75) is 45.4 Å². The number of ketones is 1. The molecule has 0 radical (unpaired) electrons. The van der Waals surface area contributed by atoms with Crippen molar-refractivity contribution in [1.82, 2.24) is 0 Å². The summed E-state index contributed by atoms with van der Waals surface area (Å²) in [5.74, 6) is 0.213. The second-order valence-electron chi connectivity index (χ2n) is 4.57. The van der Waals surface area contributed by atoms with E-state index < -0.39 is 0 Å². The molecule has 0 fully saturated rings. The molecule has 0 saturated carbocycles. The van der Waals surface area contributed by atoms with Crippen LogP contribution in [0.2, 0.25) is 0 Å². The van der Waals surface area contributed by atoms with E-state index in [0.29, 0.717) is 13.0 Å². The third-order valence-electron chi connectivity index (χ3n) is 2.93. The van der Waals surface area contributed by atoms with Gasteiger partial charge in [-0.1, -0.05) is 56.5 Å². The van der Waals surface area contributed by atoms with Crippen LogP contribution in [0.3, 0.4) is 0 Å². The Labute approximate surface area is 110 Å². The minimum Gasteiger partial charge on any atom is -0.381 e. The van der Waals surface area contributed by atoms with E-state index in [4.69, 9.17) is 4.74 Å². The zero-order chi connectivity index (χ0) is 13.1. The monoisotopic (exact) mass is 248 g/mol. The number of hydrogen-bond donors (Lipinski definition) is 0. The summed E-state index contributed by atoms with van der Waals surface area (Å²) in [6, 6.07) is 9.47. The van der Waals surface area contributed by atoms with Crippen molar-refractivity contribution in [1.29, 1.82) is 0 Å². The second-order valence-corrected chi connectivity index (χ2v) is 4.57. The quantitative estimate of drug-likeness (QED) is 0.457. The molecule has 1 aromatic carbocycles. The number of carbonyl (C=O) groups excluding carboxylic acids is 1. The summed E-state index contributed by atoms with van der Waals surface area (Å²) in [5.41, 5.74) is 0.806. The van der Waals surface area contributed by atoms with Gasteiger partial charge in [-0.15, -0.1) is 0 Å². The van der Waals surface area contributed by atoms with Crippen molar-refractivity contribution in [2.75, 3.05) is 13.2 Å².